The average Bonchev–Trinajstić information content (AvgIpc) is 3.08. The predicted octanol–water partition coefficient (Wildman–Crippen LogP) is 4.97. The lowest BCUT2D eigenvalue weighted by Crippen LogP contribution is -2.18. The van der Waals surface area contributed by atoms with Crippen LogP contribution in [0.15, 0.2) is 52.5 Å². The number of carbonyl (C=O) groups excluding carboxylic acids is 1. The zero-order valence-corrected chi connectivity index (χ0v) is 18.3. The van der Waals surface area contributed by atoms with E-state index in [1.165, 1.54) is 23.9 Å². The Balaban J connectivity index is 1.50. The first-order valence-corrected chi connectivity index (χ1v) is 10.7. The topological polar surface area (TPSA) is 76.5 Å². The number of carbonyl (C=O) groups is 1. The molecule has 4 rings (SSSR count). The number of ether oxygens (including phenoxy) is 1. The number of aliphatic imine (C=N–C) groups is 1. The van der Waals surface area contributed by atoms with Gasteiger partial charge in [0.2, 0.25) is 0 Å². The highest BCUT2D eigenvalue weighted by molar-refractivity contribution is 8.18. The average molecular weight is 457 g/mol. The summed E-state index contributed by atoms with van der Waals surface area (Å²) in [5.74, 6) is -0.183. The van der Waals surface area contributed by atoms with Crippen LogP contribution in [-0.4, -0.2) is 27.1 Å². The molecule has 1 amide bonds. The van der Waals surface area contributed by atoms with Crippen molar-refractivity contribution in [1.82, 2.24) is 15.3 Å². The molecule has 0 unspecified atom stereocenters. The number of pyridine rings is 2. The number of hydrogen-bond donors (Lipinski definition) is 1. The first-order valence-electron chi connectivity index (χ1n) is 9.52. The molecule has 31 heavy (non-hydrogen) atoms. The van der Waals surface area contributed by atoms with E-state index >= 15 is 0 Å². The Labute approximate surface area is 187 Å². The van der Waals surface area contributed by atoms with Crippen LogP contribution in [0.2, 0.25) is 5.02 Å². The van der Waals surface area contributed by atoms with Crippen LogP contribution in [0.25, 0.3) is 17.1 Å². The second-order valence-corrected chi connectivity index (χ2v) is 8.45. The number of amidine groups is 1. The smallest absolute Gasteiger partial charge is 0.286 e. The number of rotatable bonds is 5. The Morgan fingerprint density at radius 3 is 2.87 bits per heavy atom. The Morgan fingerprint density at radius 2 is 2.10 bits per heavy atom. The maximum atomic E-state index is 13.3. The highest BCUT2D eigenvalue weighted by Crippen LogP contribution is 2.29. The van der Waals surface area contributed by atoms with Crippen LogP contribution in [0.1, 0.15) is 25.1 Å². The van der Waals surface area contributed by atoms with Crippen LogP contribution in [0.3, 0.4) is 0 Å². The molecule has 0 bridgehead atoms. The van der Waals surface area contributed by atoms with E-state index in [4.69, 9.17) is 16.3 Å². The zero-order valence-electron chi connectivity index (χ0n) is 16.7. The number of nitrogens with zero attached hydrogens (tertiary/aromatic N) is 3. The number of thioether (sulfide) groups is 1. The van der Waals surface area contributed by atoms with Gasteiger partial charge >= 0.3 is 0 Å². The molecule has 1 N–H and O–H groups in total. The summed E-state index contributed by atoms with van der Waals surface area (Å²) in [5.41, 5.74) is 2.73. The van der Waals surface area contributed by atoms with Crippen molar-refractivity contribution in [2.45, 2.75) is 26.5 Å². The van der Waals surface area contributed by atoms with Gasteiger partial charge in [0.25, 0.3) is 5.91 Å². The number of halogens is 2. The molecule has 3 heterocycles. The molecule has 0 saturated heterocycles. The highest BCUT2D eigenvalue weighted by atomic mass is 35.5. The lowest BCUT2D eigenvalue weighted by atomic mass is 10.2. The molecule has 0 fully saturated rings. The number of nitrogens with one attached hydrogen (secondary N) is 1. The summed E-state index contributed by atoms with van der Waals surface area (Å²) in [6.45, 7) is 4.25. The number of aromatic nitrogens is 2. The van der Waals surface area contributed by atoms with Crippen LogP contribution in [-0.2, 0) is 11.3 Å². The minimum Gasteiger partial charge on any atom is -0.489 e. The summed E-state index contributed by atoms with van der Waals surface area (Å²) in [4.78, 5) is 25.7. The Bertz CT molecular complexity index is 1230. The normalized spacial score (nSPS) is 15.1. The van der Waals surface area contributed by atoms with E-state index in [0.717, 1.165) is 5.56 Å². The van der Waals surface area contributed by atoms with Gasteiger partial charge in [-0.3, -0.25) is 9.78 Å². The summed E-state index contributed by atoms with van der Waals surface area (Å²) < 4.78 is 19.1. The van der Waals surface area contributed by atoms with E-state index < -0.39 is 5.82 Å². The fraction of sp³-hybridized carbons (Fsp3) is 0.182. The Hall–Kier alpha value is -2.97. The summed E-state index contributed by atoms with van der Waals surface area (Å²) in [6, 6.07) is 9.86. The van der Waals surface area contributed by atoms with Crippen molar-refractivity contribution in [2.24, 2.45) is 4.99 Å². The van der Waals surface area contributed by atoms with Gasteiger partial charge in [0.1, 0.15) is 17.1 Å². The molecular formula is C22H18ClFN4O2S. The van der Waals surface area contributed by atoms with E-state index in [0.29, 0.717) is 39.1 Å². The maximum absolute atomic E-state index is 13.3. The molecule has 0 spiro atoms. The molecule has 158 valence electrons. The first-order chi connectivity index (χ1) is 14.9. The van der Waals surface area contributed by atoms with Crippen LogP contribution >= 0.6 is 23.4 Å². The standard InChI is InChI=1S/C22H18ClFN4O2S/c1-12(2)30-18-7-8-25-17-6-4-14(27-20(17)18)10-19-21(29)28-22(31-19)26-11-13-3-5-16(24)15(23)9-13/h3-10,12H,11H2,1-2H3,(H,26,28,29). The SMILES string of the molecule is CC(C)Oc1ccnc2ccc(C=C3SC(NCc4ccc(F)c(Cl)c4)=NC3=O)nc12. The van der Waals surface area contributed by atoms with Crippen LogP contribution in [0.5, 0.6) is 5.75 Å². The van der Waals surface area contributed by atoms with Crippen molar-refractivity contribution < 1.29 is 13.9 Å². The van der Waals surface area contributed by atoms with Crippen molar-refractivity contribution in [3.05, 3.63) is 69.6 Å². The second kappa shape index (κ2) is 9.03. The van der Waals surface area contributed by atoms with Gasteiger partial charge in [-0.1, -0.05) is 17.7 Å². The molecule has 0 radical (unpaired) electrons. The van der Waals surface area contributed by atoms with Crippen molar-refractivity contribution in [1.29, 1.82) is 0 Å². The van der Waals surface area contributed by atoms with E-state index in [1.54, 1.807) is 30.5 Å². The summed E-state index contributed by atoms with van der Waals surface area (Å²) in [7, 11) is 0. The van der Waals surface area contributed by atoms with Crippen LogP contribution in [0, 0.1) is 5.82 Å². The van der Waals surface area contributed by atoms with Gasteiger partial charge in [0.05, 0.1) is 27.2 Å². The van der Waals surface area contributed by atoms with Gasteiger partial charge in [0, 0.05) is 18.8 Å². The largest absolute Gasteiger partial charge is 0.489 e. The lowest BCUT2D eigenvalue weighted by molar-refractivity contribution is -0.113. The fourth-order valence-corrected chi connectivity index (χ4v) is 3.89. The van der Waals surface area contributed by atoms with Crippen LogP contribution < -0.4 is 10.1 Å². The van der Waals surface area contributed by atoms with Crippen LogP contribution in [0.4, 0.5) is 4.39 Å². The molecule has 2 aromatic heterocycles. The number of hydrogen-bond acceptors (Lipinski definition) is 6. The fourth-order valence-electron chi connectivity index (χ4n) is 2.89. The van der Waals surface area contributed by atoms with Gasteiger partial charge < -0.3 is 10.1 Å². The summed E-state index contributed by atoms with van der Waals surface area (Å²) in [5, 5.41) is 3.58. The van der Waals surface area contributed by atoms with Gasteiger partial charge in [-0.05, 0) is 61.5 Å². The number of benzene rings is 1. The zero-order chi connectivity index (χ0) is 22.0. The van der Waals surface area contributed by atoms with Gasteiger partial charge in [-0.15, -0.1) is 0 Å². The third-order valence-electron chi connectivity index (χ3n) is 4.26. The highest BCUT2D eigenvalue weighted by Gasteiger charge is 2.22. The summed E-state index contributed by atoms with van der Waals surface area (Å²) in [6.07, 6.45) is 3.36. The van der Waals surface area contributed by atoms with Crippen molar-refractivity contribution >= 4 is 51.5 Å². The Morgan fingerprint density at radius 1 is 1.26 bits per heavy atom. The molecule has 0 atom stereocenters. The van der Waals surface area contributed by atoms with Crippen molar-refractivity contribution in [2.75, 3.05) is 0 Å². The molecule has 9 heteroatoms. The molecule has 0 saturated carbocycles. The number of fused-ring (bicyclic) bond motifs is 1. The minimum absolute atomic E-state index is 0.000558. The van der Waals surface area contributed by atoms with Gasteiger partial charge in [-0.2, -0.15) is 4.99 Å². The first kappa shape index (κ1) is 21.3. The molecule has 3 aromatic rings. The van der Waals surface area contributed by atoms with Gasteiger partial charge in [0.15, 0.2) is 5.17 Å². The van der Waals surface area contributed by atoms with E-state index in [9.17, 15) is 9.18 Å². The quantitative estimate of drug-likeness (QED) is 0.546. The third-order valence-corrected chi connectivity index (χ3v) is 5.49. The van der Waals surface area contributed by atoms with E-state index in [2.05, 4.69) is 20.3 Å². The molecule has 1 aromatic carbocycles. The molecular weight excluding hydrogens is 439 g/mol. The molecule has 0 aliphatic carbocycles. The molecule has 6 nitrogen and oxygen atoms in total. The number of amides is 1. The second-order valence-electron chi connectivity index (χ2n) is 7.01. The van der Waals surface area contributed by atoms with E-state index in [1.807, 2.05) is 19.9 Å². The van der Waals surface area contributed by atoms with Gasteiger partial charge in [-0.25, -0.2) is 9.37 Å². The molecule has 1 aliphatic rings. The predicted molar refractivity (Wildman–Crippen MR) is 122 cm³/mol. The van der Waals surface area contributed by atoms with E-state index in [-0.39, 0.29) is 17.0 Å². The van der Waals surface area contributed by atoms with Crippen molar-refractivity contribution in [3.8, 4) is 5.75 Å². The monoisotopic (exact) mass is 456 g/mol. The van der Waals surface area contributed by atoms with Crippen molar-refractivity contribution in [3.63, 3.8) is 0 Å². The maximum Gasteiger partial charge on any atom is 0.286 e. The lowest BCUT2D eigenvalue weighted by Gasteiger charge is -2.11. The Kier molecular flexibility index (Phi) is 6.20. The molecule has 1 aliphatic heterocycles. The minimum atomic E-state index is -0.474. The third kappa shape index (κ3) is 5.03. The summed E-state index contributed by atoms with van der Waals surface area (Å²) >= 11 is 7.02.